The van der Waals surface area contributed by atoms with Crippen molar-refractivity contribution in [3.63, 3.8) is 0 Å². The molecule has 22 heavy (non-hydrogen) atoms. The number of carbonyl (C=O) groups excluding carboxylic acids is 4. The Balaban J connectivity index is 1.96. The molecule has 1 aliphatic heterocycles. The van der Waals surface area contributed by atoms with Gasteiger partial charge in [-0.2, -0.15) is 0 Å². The zero-order chi connectivity index (χ0) is 16.3. The standard InChI is InChI=1S/C12H14N4O5S/c1-6(9(18)16-4-3-13-12(16)20)21-10(19)8-5-22-11(15-8)14-7(2)17/h5-6H,3-4H2,1-2H3,(H,13,20)(H,14,15,17). The van der Waals surface area contributed by atoms with E-state index in [0.717, 1.165) is 16.2 Å². The van der Waals surface area contributed by atoms with E-state index in [-0.39, 0.29) is 23.3 Å². The van der Waals surface area contributed by atoms with Crippen molar-refractivity contribution < 1.29 is 23.9 Å². The highest BCUT2D eigenvalue weighted by Crippen LogP contribution is 2.17. The van der Waals surface area contributed by atoms with Crippen LogP contribution >= 0.6 is 11.3 Å². The number of nitrogens with zero attached hydrogens (tertiary/aromatic N) is 2. The van der Waals surface area contributed by atoms with Crippen molar-refractivity contribution in [2.24, 2.45) is 0 Å². The summed E-state index contributed by atoms with van der Waals surface area (Å²) in [7, 11) is 0. The van der Waals surface area contributed by atoms with Crippen molar-refractivity contribution in [3.8, 4) is 0 Å². The van der Waals surface area contributed by atoms with E-state index < -0.39 is 24.0 Å². The molecule has 118 valence electrons. The van der Waals surface area contributed by atoms with Gasteiger partial charge in [0.15, 0.2) is 16.9 Å². The number of ether oxygens (including phenoxy) is 1. The van der Waals surface area contributed by atoms with Crippen molar-refractivity contribution in [2.75, 3.05) is 18.4 Å². The molecule has 0 radical (unpaired) electrons. The maximum Gasteiger partial charge on any atom is 0.358 e. The predicted molar refractivity (Wildman–Crippen MR) is 76.4 cm³/mol. The molecule has 2 N–H and O–H groups in total. The van der Waals surface area contributed by atoms with E-state index in [2.05, 4.69) is 15.6 Å². The summed E-state index contributed by atoms with van der Waals surface area (Å²) in [4.78, 5) is 51.0. The molecule has 0 aliphatic carbocycles. The zero-order valence-corrected chi connectivity index (χ0v) is 12.7. The number of urea groups is 1. The lowest BCUT2D eigenvalue weighted by Crippen LogP contribution is -2.41. The van der Waals surface area contributed by atoms with Gasteiger partial charge < -0.3 is 15.4 Å². The van der Waals surface area contributed by atoms with Gasteiger partial charge in [-0.25, -0.2) is 14.6 Å². The second-order valence-corrected chi connectivity index (χ2v) is 5.35. The maximum absolute atomic E-state index is 12.0. The number of anilines is 1. The van der Waals surface area contributed by atoms with Gasteiger partial charge in [-0.05, 0) is 6.92 Å². The molecule has 0 saturated carbocycles. The van der Waals surface area contributed by atoms with Crippen LogP contribution in [-0.2, 0) is 14.3 Å². The van der Waals surface area contributed by atoms with Crippen LogP contribution in [0.5, 0.6) is 0 Å². The summed E-state index contributed by atoms with van der Waals surface area (Å²) in [6, 6.07) is -0.505. The Bertz CT molecular complexity index is 629. The van der Waals surface area contributed by atoms with E-state index in [9.17, 15) is 19.2 Å². The third-order valence-corrected chi connectivity index (χ3v) is 3.51. The van der Waals surface area contributed by atoms with Crippen molar-refractivity contribution in [2.45, 2.75) is 20.0 Å². The Kier molecular flexibility index (Phi) is 4.71. The van der Waals surface area contributed by atoms with Gasteiger partial charge in [-0.15, -0.1) is 11.3 Å². The number of nitrogens with one attached hydrogen (secondary N) is 2. The largest absolute Gasteiger partial charge is 0.448 e. The van der Waals surface area contributed by atoms with Crippen LogP contribution in [-0.4, -0.2) is 52.9 Å². The SMILES string of the molecule is CC(=O)Nc1nc(C(=O)OC(C)C(=O)N2CCNC2=O)cs1. The number of thiazole rings is 1. The van der Waals surface area contributed by atoms with Crippen LogP contribution in [0.2, 0.25) is 0 Å². The molecule has 1 saturated heterocycles. The van der Waals surface area contributed by atoms with Crippen LogP contribution in [0.1, 0.15) is 24.3 Å². The number of esters is 1. The van der Waals surface area contributed by atoms with Crippen LogP contribution in [0.25, 0.3) is 0 Å². The van der Waals surface area contributed by atoms with E-state index in [1.54, 1.807) is 0 Å². The fraction of sp³-hybridized carbons (Fsp3) is 0.417. The zero-order valence-electron chi connectivity index (χ0n) is 11.9. The van der Waals surface area contributed by atoms with Crippen LogP contribution in [0.4, 0.5) is 9.93 Å². The number of hydrogen-bond acceptors (Lipinski definition) is 7. The summed E-state index contributed by atoms with van der Waals surface area (Å²) < 4.78 is 5.00. The van der Waals surface area contributed by atoms with Crippen molar-refractivity contribution in [1.29, 1.82) is 0 Å². The van der Waals surface area contributed by atoms with Gasteiger partial charge in [0.2, 0.25) is 5.91 Å². The lowest BCUT2D eigenvalue weighted by molar-refractivity contribution is -0.136. The fourth-order valence-corrected chi connectivity index (χ4v) is 2.47. The van der Waals surface area contributed by atoms with Gasteiger partial charge >= 0.3 is 12.0 Å². The average Bonchev–Trinajstić information content (AvgIpc) is 3.06. The molecule has 1 aliphatic rings. The third kappa shape index (κ3) is 3.58. The van der Waals surface area contributed by atoms with Gasteiger partial charge in [0.25, 0.3) is 5.91 Å². The number of amides is 4. The second kappa shape index (κ2) is 6.52. The molecule has 2 rings (SSSR count). The third-order valence-electron chi connectivity index (χ3n) is 2.75. The first-order valence-corrected chi connectivity index (χ1v) is 7.29. The van der Waals surface area contributed by atoms with Crippen LogP contribution in [0.15, 0.2) is 5.38 Å². The first kappa shape index (κ1) is 15.9. The van der Waals surface area contributed by atoms with Gasteiger partial charge in [-0.3, -0.25) is 14.5 Å². The van der Waals surface area contributed by atoms with Crippen molar-refractivity contribution in [3.05, 3.63) is 11.1 Å². The summed E-state index contributed by atoms with van der Waals surface area (Å²) >= 11 is 1.06. The molecule has 1 unspecified atom stereocenters. The summed E-state index contributed by atoms with van der Waals surface area (Å²) in [5.41, 5.74) is -0.0146. The molecule has 1 aromatic rings. The lowest BCUT2D eigenvalue weighted by Gasteiger charge is -2.17. The molecule has 4 amide bonds. The van der Waals surface area contributed by atoms with E-state index in [0.29, 0.717) is 6.54 Å². The highest BCUT2D eigenvalue weighted by Gasteiger charge is 2.32. The Morgan fingerprint density at radius 2 is 2.23 bits per heavy atom. The molecule has 0 spiro atoms. The Morgan fingerprint density at radius 1 is 1.50 bits per heavy atom. The quantitative estimate of drug-likeness (QED) is 0.763. The normalized spacial score (nSPS) is 15.2. The van der Waals surface area contributed by atoms with E-state index in [1.165, 1.54) is 19.2 Å². The topological polar surface area (TPSA) is 118 Å². The van der Waals surface area contributed by atoms with E-state index in [4.69, 9.17) is 4.74 Å². The highest BCUT2D eigenvalue weighted by molar-refractivity contribution is 7.14. The Hall–Kier alpha value is -2.49. The molecule has 9 nitrogen and oxygen atoms in total. The molecule has 1 fully saturated rings. The van der Waals surface area contributed by atoms with E-state index in [1.807, 2.05) is 0 Å². The summed E-state index contributed by atoms with van der Waals surface area (Å²) in [6.07, 6.45) is -1.11. The molecule has 1 aromatic heterocycles. The minimum absolute atomic E-state index is 0.0146. The predicted octanol–water partition coefficient (Wildman–Crippen LogP) is 0.199. The van der Waals surface area contributed by atoms with Crippen molar-refractivity contribution in [1.82, 2.24) is 15.2 Å². The Morgan fingerprint density at radius 3 is 2.82 bits per heavy atom. The molecule has 0 aromatic carbocycles. The molecular weight excluding hydrogens is 312 g/mol. The number of rotatable bonds is 4. The van der Waals surface area contributed by atoms with E-state index >= 15 is 0 Å². The van der Waals surface area contributed by atoms with Crippen LogP contribution < -0.4 is 10.6 Å². The molecular formula is C12H14N4O5S. The van der Waals surface area contributed by atoms with Crippen LogP contribution in [0.3, 0.4) is 0 Å². The number of imide groups is 1. The maximum atomic E-state index is 12.0. The smallest absolute Gasteiger partial charge is 0.358 e. The molecule has 0 bridgehead atoms. The number of carbonyl (C=O) groups is 4. The van der Waals surface area contributed by atoms with Gasteiger partial charge in [0, 0.05) is 25.4 Å². The number of hydrogen-bond donors (Lipinski definition) is 2. The average molecular weight is 326 g/mol. The lowest BCUT2D eigenvalue weighted by atomic mass is 10.3. The summed E-state index contributed by atoms with van der Waals surface area (Å²) in [5, 5.41) is 6.60. The molecule has 2 heterocycles. The molecule has 1 atom stereocenters. The van der Waals surface area contributed by atoms with Crippen LogP contribution in [0, 0.1) is 0 Å². The monoisotopic (exact) mass is 326 g/mol. The molecule has 10 heteroatoms. The first-order valence-electron chi connectivity index (χ1n) is 6.42. The minimum atomic E-state index is -1.11. The summed E-state index contributed by atoms with van der Waals surface area (Å²) in [6.45, 7) is 3.31. The fourth-order valence-electron chi connectivity index (χ4n) is 1.75. The first-order chi connectivity index (χ1) is 10.4. The van der Waals surface area contributed by atoms with Gasteiger partial charge in [0.05, 0.1) is 0 Å². The van der Waals surface area contributed by atoms with Gasteiger partial charge in [0.1, 0.15) is 0 Å². The second-order valence-electron chi connectivity index (χ2n) is 4.49. The Labute approximate surface area is 129 Å². The minimum Gasteiger partial charge on any atom is -0.448 e. The summed E-state index contributed by atoms with van der Waals surface area (Å²) in [5.74, 6) is -1.70. The van der Waals surface area contributed by atoms with Gasteiger partial charge in [-0.1, -0.05) is 0 Å². The number of aromatic nitrogens is 1. The van der Waals surface area contributed by atoms with Crippen molar-refractivity contribution >= 4 is 40.3 Å². The highest BCUT2D eigenvalue weighted by atomic mass is 32.1.